The van der Waals surface area contributed by atoms with Gasteiger partial charge in [0.2, 0.25) is 0 Å². The lowest BCUT2D eigenvalue weighted by Gasteiger charge is -2.27. The molecule has 10 bridgehead atoms. The minimum absolute atomic E-state index is 0.0933. The lowest BCUT2D eigenvalue weighted by molar-refractivity contribution is 0.745. The van der Waals surface area contributed by atoms with Crippen molar-refractivity contribution in [3.8, 4) is 33.4 Å². The van der Waals surface area contributed by atoms with Gasteiger partial charge in [-0.1, -0.05) is 140 Å². The van der Waals surface area contributed by atoms with Gasteiger partial charge in [0, 0.05) is 40.7 Å². The van der Waals surface area contributed by atoms with E-state index < -0.39 is 0 Å². The molecule has 6 aromatic rings. The average Bonchev–Trinajstić information content (AvgIpc) is 3.42. The summed E-state index contributed by atoms with van der Waals surface area (Å²) in [5, 5.41) is 0. The van der Waals surface area contributed by atoms with Crippen LogP contribution in [-0.2, 0) is 0 Å². The van der Waals surface area contributed by atoms with Crippen LogP contribution >= 0.6 is 0 Å². The van der Waals surface area contributed by atoms with Crippen LogP contribution in [-0.4, -0.2) is 11.5 Å². The number of fused-ring (bicyclic) bond motifs is 13. The van der Waals surface area contributed by atoms with E-state index in [0.29, 0.717) is 0 Å². The van der Waals surface area contributed by atoms with Crippen LogP contribution in [0, 0.1) is 5.92 Å². The van der Waals surface area contributed by atoms with Crippen LogP contribution in [0.4, 0.5) is 17.1 Å². The summed E-state index contributed by atoms with van der Waals surface area (Å²) in [4.78, 5) is 13.1. The Bertz CT molecular complexity index is 2410. The third kappa shape index (κ3) is 5.98. The predicted molar refractivity (Wildman–Crippen MR) is 214 cm³/mol. The number of amidine groups is 1. The summed E-state index contributed by atoms with van der Waals surface area (Å²) < 4.78 is 0. The van der Waals surface area contributed by atoms with E-state index >= 15 is 0 Å². The van der Waals surface area contributed by atoms with Crippen LogP contribution in [0.2, 0.25) is 0 Å². The molecule has 2 heterocycles. The van der Waals surface area contributed by atoms with E-state index in [-0.39, 0.29) is 12.0 Å². The number of hydrogen-bond donors (Lipinski definition) is 0. The van der Waals surface area contributed by atoms with Gasteiger partial charge in [0.15, 0.2) is 5.84 Å². The standard InChI is InChI=1S/C48H37N3/c1-33-14-5-2-10-25-43(33)47-32-46-38-26-27-44(34-15-6-3-7-16-34)45(31-38)37-19-13-24-42(30-37)51(40-21-8-4-9-22-40)41-23-12-18-36(29-41)35-17-11-20-39(28-35)48(49-46)50-47/h2-31,33,46H,32H2,1H3/t33-,46+/m0/s1. The number of anilines is 3. The number of para-hydroxylation sites is 1. The first-order valence-electron chi connectivity index (χ1n) is 17.7. The zero-order valence-electron chi connectivity index (χ0n) is 28.5. The van der Waals surface area contributed by atoms with Crippen molar-refractivity contribution < 1.29 is 0 Å². The van der Waals surface area contributed by atoms with E-state index in [4.69, 9.17) is 9.98 Å². The molecule has 2 aliphatic heterocycles. The van der Waals surface area contributed by atoms with Gasteiger partial charge in [-0.05, 0) is 93.0 Å². The van der Waals surface area contributed by atoms with Crippen molar-refractivity contribution in [3.63, 3.8) is 0 Å². The molecule has 6 aromatic carbocycles. The van der Waals surface area contributed by atoms with Gasteiger partial charge in [-0.3, -0.25) is 4.99 Å². The zero-order valence-corrected chi connectivity index (χ0v) is 28.5. The van der Waals surface area contributed by atoms with Crippen LogP contribution < -0.4 is 4.90 Å². The Kier molecular flexibility index (Phi) is 7.94. The van der Waals surface area contributed by atoms with Crippen LogP contribution in [0.3, 0.4) is 0 Å². The molecule has 244 valence electrons. The Labute approximate surface area is 300 Å². The summed E-state index contributed by atoms with van der Waals surface area (Å²) >= 11 is 0. The second kappa shape index (κ2) is 13.2. The van der Waals surface area contributed by atoms with Crippen molar-refractivity contribution in [1.29, 1.82) is 0 Å². The Balaban J connectivity index is 1.31. The molecule has 0 saturated heterocycles. The number of nitrogens with zero attached hydrogens (tertiary/aromatic N) is 3. The molecule has 0 aromatic heterocycles. The zero-order chi connectivity index (χ0) is 34.1. The lowest BCUT2D eigenvalue weighted by Crippen LogP contribution is -2.20. The van der Waals surface area contributed by atoms with Gasteiger partial charge in [-0.15, -0.1) is 0 Å². The van der Waals surface area contributed by atoms with Crippen LogP contribution in [0.25, 0.3) is 33.4 Å². The normalized spacial score (nSPS) is 17.6. The second-order valence-corrected chi connectivity index (χ2v) is 13.4. The summed E-state index contributed by atoms with van der Waals surface area (Å²) in [6, 6.07) is 54.7. The molecular formula is C48H37N3. The fourth-order valence-corrected chi connectivity index (χ4v) is 7.54. The summed E-state index contributed by atoms with van der Waals surface area (Å²) in [7, 11) is 0. The van der Waals surface area contributed by atoms with Crippen LogP contribution in [0.1, 0.15) is 30.5 Å². The SMILES string of the molecule is C[C@H]1C=CC=CC=C1C1=NC2=N[C@H](C1)c1ccc(-c3ccccc3)c(c1)-c1cccc(c1)N(c1ccccc1)c1cccc(c1)-c1cccc2c1. The fraction of sp³-hybridized carbons (Fsp3) is 0.0833. The lowest BCUT2D eigenvalue weighted by atomic mass is 9.87. The first-order chi connectivity index (χ1) is 25.2. The molecule has 0 amide bonds. The molecule has 0 radical (unpaired) electrons. The Morgan fingerprint density at radius 1 is 0.529 bits per heavy atom. The molecule has 51 heavy (non-hydrogen) atoms. The summed E-state index contributed by atoms with van der Waals surface area (Å²) in [6.07, 6.45) is 11.6. The maximum Gasteiger partial charge on any atom is 0.155 e. The number of hydrogen-bond acceptors (Lipinski definition) is 3. The highest BCUT2D eigenvalue weighted by Crippen LogP contribution is 2.42. The van der Waals surface area contributed by atoms with E-state index in [0.717, 1.165) is 57.3 Å². The molecule has 3 nitrogen and oxygen atoms in total. The second-order valence-electron chi connectivity index (χ2n) is 13.4. The third-order valence-electron chi connectivity index (χ3n) is 10.1. The molecule has 0 unspecified atom stereocenters. The van der Waals surface area contributed by atoms with Gasteiger partial charge >= 0.3 is 0 Å². The van der Waals surface area contributed by atoms with Crippen molar-refractivity contribution in [2.45, 2.75) is 19.4 Å². The highest BCUT2D eigenvalue weighted by Gasteiger charge is 2.26. The minimum Gasteiger partial charge on any atom is -0.310 e. The summed E-state index contributed by atoms with van der Waals surface area (Å²) in [5.74, 6) is 1.02. The topological polar surface area (TPSA) is 28.0 Å². The largest absolute Gasteiger partial charge is 0.310 e. The van der Waals surface area contributed by atoms with Gasteiger partial charge in [0.05, 0.1) is 6.04 Å². The maximum atomic E-state index is 5.43. The highest BCUT2D eigenvalue weighted by molar-refractivity contribution is 6.14. The van der Waals surface area contributed by atoms with Crippen molar-refractivity contribution in [2.24, 2.45) is 15.9 Å². The molecule has 3 aliphatic rings. The molecule has 0 spiro atoms. The summed E-state index contributed by atoms with van der Waals surface area (Å²) in [6.45, 7) is 2.25. The van der Waals surface area contributed by atoms with Crippen LogP contribution in [0.5, 0.6) is 0 Å². The molecular weight excluding hydrogens is 619 g/mol. The highest BCUT2D eigenvalue weighted by atomic mass is 15.1. The number of aliphatic imine (C=N–C) groups is 2. The van der Waals surface area contributed by atoms with Gasteiger partial charge in [-0.25, -0.2) is 4.99 Å². The van der Waals surface area contributed by atoms with Gasteiger partial charge in [0.1, 0.15) is 0 Å². The van der Waals surface area contributed by atoms with E-state index in [1.165, 1.54) is 27.8 Å². The van der Waals surface area contributed by atoms with E-state index in [1.54, 1.807) is 0 Å². The van der Waals surface area contributed by atoms with Crippen molar-refractivity contribution in [3.05, 3.63) is 199 Å². The Hall–Kier alpha value is -6.32. The fourth-order valence-electron chi connectivity index (χ4n) is 7.54. The summed E-state index contributed by atoms with van der Waals surface area (Å²) in [5.41, 5.74) is 14.8. The molecule has 3 heteroatoms. The van der Waals surface area contributed by atoms with Crippen molar-refractivity contribution in [2.75, 3.05) is 4.90 Å². The Morgan fingerprint density at radius 2 is 1.18 bits per heavy atom. The van der Waals surface area contributed by atoms with E-state index in [9.17, 15) is 0 Å². The number of allylic oxidation sites excluding steroid dienone is 6. The molecule has 1 aliphatic carbocycles. The van der Waals surface area contributed by atoms with Crippen LogP contribution in [0.15, 0.2) is 198 Å². The Morgan fingerprint density at radius 3 is 1.98 bits per heavy atom. The third-order valence-corrected chi connectivity index (χ3v) is 10.1. The quantitative estimate of drug-likeness (QED) is 0.186. The monoisotopic (exact) mass is 655 g/mol. The maximum absolute atomic E-state index is 5.43. The smallest absolute Gasteiger partial charge is 0.155 e. The molecule has 0 saturated carbocycles. The molecule has 9 rings (SSSR count). The minimum atomic E-state index is -0.0933. The van der Waals surface area contributed by atoms with Crippen molar-refractivity contribution >= 4 is 28.6 Å². The van der Waals surface area contributed by atoms with E-state index in [1.807, 2.05) is 0 Å². The van der Waals surface area contributed by atoms with Gasteiger partial charge in [-0.2, -0.15) is 0 Å². The first-order valence-corrected chi connectivity index (χ1v) is 17.7. The molecule has 0 N–H and O–H groups in total. The first kappa shape index (κ1) is 30.7. The molecule has 2 atom stereocenters. The number of benzene rings is 6. The van der Waals surface area contributed by atoms with Gasteiger partial charge in [0.25, 0.3) is 0 Å². The number of rotatable bonds is 3. The van der Waals surface area contributed by atoms with Crippen molar-refractivity contribution in [1.82, 2.24) is 0 Å². The van der Waals surface area contributed by atoms with Gasteiger partial charge < -0.3 is 4.90 Å². The average molecular weight is 656 g/mol. The van der Waals surface area contributed by atoms with E-state index in [2.05, 4.69) is 194 Å². The molecule has 0 fully saturated rings. The predicted octanol–water partition coefficient (Wildman–Crippen LogP) is 12.5.